The summed E-state index contributed by atoms with van der Waals surface area (Å²) in [6.07, 6.45) is -2.75. The largest absolute Gasteiger partial charge is 0.406 e. The van der Waals surface area contributed by atoms with Crippen LogP contribution in [0, 0.1) is 11.7 Å². The summed E-state index contributed by atoms with van der Waals surface area (Å²) in [7, 11) is 0. The molecule has 1 aliphatic rings. The molecule has 1 amide bonds. The number of benzene rings is 1. The molecule has 5 nitrogen and oxygen atoms in total. The van der Waals surface area contributed by atoms with Crippen LogP contribution < -0.4 is 5.32 Å². The Bertz CT molecular complexity index is 825. The molecule has 1 N–H and O–H groups in total. The number of hydrogen-bond donors (Lipinski definition) is 1. The van der Waals surface area contributed by atoms with Crippen molar-refractivity contribution in [1.29, 1.82) is 0 Å². The van der Waals surface area contributed by atoms with Crippen LogP contribution in [0.3, 0.4) is 0 Å². The first-order valence-corrected chi connectivity index (χ1v) is 10.4. The number of anilines is 2. The molecule has 1 unspecified atom stereocenters. The number of hydrogen-bond acceptors (Lipinski definition) is 6. The number of amides is 1. The fraction of sp³-hybridized carbons (Fsp3) is 0.471. The summed E-state index contributed by atoms with van der Waals surface area (Å²) in [5.74, 6) is -1.06. The van der Waals surface area contributed by atoms with Crippen LogP contribution in [0.15, 0.2) is 28.6 Å². The highest BCUT2D eigenvalue weighted by Crippen LogP contribution is 2.37. The van der Waals surface area contributed by atoms with Gasteiger partial charge in [0.1, 0.15) is 12.4 Å². The molecule has 0 spiro atoms. The molecule has 0 bridgehead atoms. The minimum atomic E-state index is -4.44. The minimum Gasteiger partial charge on any atom is -0.330 e. The zero-order valence-electron chi connectivity index (χ0n) is 14.9. The summed E-state index contributed by atoms with van der Waals surface area (Å²) < 4.78 is 52.6. The molecular formula is C17H18F4N4OS2. The van der Waals surface area contributed by atoms with E-state index in [1.807, 2.05) is 0 Å². The highest BCUT2D eigenvalue weighted by Gasteiger charge is 2.40. The third-order valence-corrected chi connectivity index (χ3v) is 6.26. The summed E-state index contributed by atoms with van der Waals surface area (Å²) in [5, 5.41) is 10.9. The van der Waals surface area contributed by atoms with E-state index in [9.17, 15) is 22.4 Å². The third kappa shape index (κ3) is 5.81. The van der Waals surface area contributed by atoms with E-state index in [1.165, 1.54) is 6.07 Å². The van der Waals surface area contributed by atoms with Gasteiger partial charge in [-0.25, -0.2) is 4.39 Å². The Kier molecular flexibility index (Phi) is 6.43. The van der Waals surface area contributed by atoms with Crippen molar-refractivity contribution in [2.75, 3.05) is 17.6 Å². The van der Waals surface area contributed by atoms with E-state index < -0.39 is 30.5 Å². The molecule has 0 radical (unpaired) electrons. The van der Waals surface area contributed by atoms with E-state index >= 15 is 0 Å². The molecule has 2 aromatic rings. The lowest BCUT2D eigenvalue weighted by Crippen LogP contribution is -2.46. The Morgan fingerprint density at radius 2 is 2.07 bits per heavy atom. The van der Waals surface area contributed by atoms with Gasteiger partial charge in [0.25, 0.3) is 0 Å². The summed E-state index contributed by atoms with van der Waals surface area (Å²) in [6, 6.07) is 5.62. The maximum absolute atomic E-state index is 13.7. The first-order chi connectivity index (χ1) is 13.2. The number of alkyl halides is 3. The monoisotopic (exact) mass is 434 g/mol. The normalized spacial score (nSPS) is 15.3. The van der Waals surface area contributed by atoms with Crippen LogP contribution in [0.4, 0.5) is 28.4 Å². The van der Waals surface area contributed by atoms with Gasteiger partial charge >= 0.3 is 6.18 Å². The van der Waals surface area contributed by atoms with Gasteiger partial charge in [-0.3, -0.25) is 4.79 Å². The molecule has 0 saturated heterocycles. The smallest absolute Gasteiger partial charge is 0.330 e. The van der Waals surface area contributed by atoms with Crippen LogP contribution in [-0.2, 0) is 4.79 Å². The average molecular weight is 434 g/mol. The number of para-hydroxylation sites is 1. The van der Waals surface area contributed by atoms with Gasteiger partial charge in [0.05, 0.1) is 11.4 Å². The second kappa shape index (κ2) is 8.64. The maximum atomic E-state index is 13.7. The molecule has 1 aromatic carbocycles. The lowest BCUT2D eigenvalue weighted by Gasteiger charge is -2.30. The van der Waals surface area contributed by atoms with Gasteiger partial charge in [-0.2, -0.15) is 13.2 Å². The molecule has 1 saturated carbocycles. The first-order valence-electron chi connectivity index (χ1n) is 8.57. The standard InChI is InChI=1S/C17H18F4N4OS2/c1-10(11-6-7-11)25(9-17(19,20)21)14(26)8-27-16-24-23-15(28-16)22-13-5-3-2-4-12(13)18/h2-5,10-11H,6-9H2,1H3,(H,22,23). The number of aromatic nitrogens is 2. The van der Waals surface area contributed by atoms with E-state index in [-0.39, 0.29) is 17.4 Å². The third-order valence-electron chi connectivity index (χ3n) is 4.31. The first kappa shape index (κ1) is 20.8. The van der Waals surface area contributed by atoms with Gasteiger partial charge < -0.3 is 10.2 Å². The van der Waals surface area contributed by atoms with Crippen LogP contribution in [-0.4, -0.2) is 45.5 Å². The lowest BCUT2D eigenvalue weighted by atomic mass is 10.2. The Morgan fingerprint density at radius 3 is 2.71 bits per heavy atom. The number of nitrogens with one attached hydrogen (secondary N) is 1. The van der Waals surface area contributed by atoms with Gasteiger partial charge in [-0.15, -0.1) is 10.2 Å². The number of thioether (sulfide) groups is 1. The fourth-order valence-corrected chi connectivity index (χ4v) is 4.34. The van der Waals surface area contributed by atoms with Crippen molar-refractivity contribution in [3.05, 3.63) is 30.1 Å². The second-order valence-electron chi connectivity index (χ2n) is 6.48. The summed E-state index contributed by atoms with van der Waals surface area (Å²) in [5.41, 5.74) is 0.237. The van der Waals surface area contributed by atoms with E-state index in [4.69, 9.17) is 0 Å². The minimum absolute atomic E-state index is 0.134. The molecule has 1 aromatic heterocycles. The molecule has 3 rings (SSSR count). The molecule has 28 heavy (non-hydrogen) atoms. The number of rotatable bonds is 8. The van der Waals surface area contributed by atoms with Crippen LogP contribution >= 0.6 is 23.1 Å². The van der Waals surface area contributed by atoms with Crippen molar-refractivity contribution in [3.8, 4) is 0 Å². The van der Waals surface area contributed by atoms with Crippen molar-refractivity contribution >= 4 is 39.8 Å². The van der Waals surface area contributed by atoms with Gasteiger partial charge in [0.2, 0.25) is 11.0 Å². The van der Waals surface area contributed by atoms with Crippen LogP contribution in [0.5, 0.6) is 0 Å². The fourth-order valence-electron chi connectivity index (χ4n) is 2.69. The Labute approximate surface area is 167 Å². The Balaban J connectivity index is 1.58. The van der Waals surface area contributed by atoms with Crippen molar-refractivity contribution in [1.82, 2.24) is 15.1 Å². The molecule has 1 atom stereocenters. The number of halogens is 4. The van der Waals surface area contributed by atoms with E-state index in [0.29, 0.717) is 9.47 Å². The van der Waals surface area contributed by atoms with E-state index in [0.717, 1.165) is 40.8 Å². The second-order valence-corrected chi connectivity index (χ2v) is 8.68. The molecule has 1 aliphatic carbocycles. The van der Waals surface area contributed by atoms with Crippen LogP contribution in [0.1, 0.15) is 19.8 Å². The molecule has 11 heteroatoms. The van der Waals surface area contributed by atoms with Crippen molar-refractivity contribution in [2.24, 2.45) is 5.92 Å². The van der Waals surface area contributed by atoms with Crippen LogP contribution in [0.25, 0.3) is 0 Å². The number of carbonyl (C=O) groups excluding carboxylic acids is 1. The summed E-state index contributed by atoms with van der Waals surface area (Å²) in [6.45, 7) is 0.410. The predicted octanol–water partition coefficient (Wildman–Crippen LogP) is 4.70. The van der Waals surface area contributed by atoms with Gasteiger partial charge in [0.15, 0.2) is 4.34 Å². The highest BCUT2D eigenvalue weighted by atomic mass is 32.2. The lowest BCUT2D eigenvalue weighted by molar-refractivity contribution is -0.164. The molecule has 1 fully saturated rings. The number of nitrogens with zero attached hydrogens (tertiary/aromatic N) is 3. The van der Waals surface area contributed by atoms with Gasteiger partial charge in [-0.05, 0) is 37.8 Å². The zero-order valence-corrected chi connectivity index (χ0v) is 16.5. The van der Waals surface area contributed by atoms with Gasteiger partial charge in [-0.1, -0.05) is 35.2 Å². The Morgan fingerprint density at radius 1 is 1.36 bits per heavy atom. The highest BCUT2D eigenvalue weighted by molar-refractivity contribution is 8.01. The van der Waals surface area contributed by atoms with Crippen molar-refractivity contribution in [2.45, 2.75) is 36.3 Å². The molecule has 152 valence electrons. The average Bonchev–Trinajstić information content (AvgIpc) is 3.39. The molecule has 1 heterocycles. The quantitative estimate of drug-likeness (QED) is 0.482. The maximum Gasteiger partial charge on any atom is 0.406 e. The predicted molar refractivity (Wildman–Crippen MR) is 100 cm³/mol. The molecular weight excluding hydrogens is 416 g/mol. The molecule has 0 aliphatic heterocycles. The summed E-state index contributed by atoms with van der Waals surface area (Å²) in [4.78, 5) is 13.3. The number of carbonyl (C=O) groups is 1. The topological polar surface area (TPSA) is 58.1 Å². The van der Waals surface area contributed by atoms with Gasteiger partial charge in [0, 0.05) is 6.04 Å². The Hall–Kier alpha value is -1.88. The van der Waals surface area contributed by atoms with Crippen molar-refractivity contribution in [3.63, 3.8) is 0 Å². The SMILES string of the molecule is CC(C1CC1)N(CC(F)(F)F)C(=O)CSc1nnc(Nc2ccccc2F)s1. The van der Waals surface area contributed by atoms with Crippen LogP contribution in [0.2, 0.25) is 0 Å². The van der Waals surface area contributed by atoms with E-state index in [1.54, 1.807) is 25.1 Å². The zero-order chi connectivity index (χ0) is 20.3. The van der Waals surface area contributed by atoms with E-state index in [2.05, 4.69) is 15.5 Å². The van der Waals surface area contributed by atoms with Crippen molar-refractivity contribution < 1.29 is 22.4 Å². The summed E-state index contributed by atoms with van der Waals surface area (Å²) >= 11 is 2.12.